The Balaban J connectivity index is 3.69. The largest absolute Gasteiger partial charge is 0.598 e. The van der Waals surface area contributed by atoms with Gasteiger partial charge in [0.15, 0.2) is 5.60 Å². The lowest BCUT2D eigenvalue weighted by Gasteiger charge is -2.38. The lowest BCUT2D eigenvalue weighted by molar-refractivity contribution is -0.170. The molecule has 0 saturated heterocycles. The highest BCUT2D eigenvalue weighted by Crippen LogP contribution is 2.41. The monoisotopic (exact) mass is 467 g/mol. The Morgan fingerprint density at radius 2 is 1.93 bits per heavy atom. The Bertz CT molecular complexity index is 664. The lowest BCUT2D eigenvalue weighted by Crippen LogP contribution is -2.55. The molecule has 27 heavy (non-hydrogen) atoms. The molecule has 0 spiro atoms. The highest BCUT2D eigenvalue weighted by molar-refractivity contribution is 9.10. The molecule has 0 bridgehead atoms. The van der Waals surface area contributed by atoms with Gasteiger partial charge in [0, 0.05) is 24.0 Å². The highest BCUT2D eigenvalue weighted by atomic mass is 79.9. The first-order chi connectivity index (χ1) is 12.5. The summed E-state index contributed by atoms with van der Waals surface area (Å²) in [6.07, 6.45) is 0.190. The number of benzene rings is 1. The van der Waals surface area contributed by atoms with E-state index in [-0.39, 0.29) is 10.9 Å². The first kappa shape index (κ1) is 24.2. The van der Waals surface area contributed by atoms with Gasteiger partial charge in [-0.1, -0.05) is 6.92 Å². The highest BCUT2D eigenvalue weighted by Gasteiger charge is 2.51. The summed E-state index contributed by atoms with van der Waals surface area (Å²) in [5.41, 5.74) is -1.24. The number of hydrogen-bond donors (Lipinski definition) is 1. The number of esters is 1. The van der Waals surface area contributed by atoms with Gasteiger partial charge in [-0.25, -0.2) is 9.18 Å². The third kappa shape index (κ3) is 5.14. The molecule has 2 unspecified atom stereocenters. The summed E-state index contributed by atoms with van der Waals surface area (Å²) in [5, 5.41) is 0. The summed E-state index contributed by atoms with van der Waals surface area (Å²) in [4.78, 5) is 12.7. The van der Waals surface area contributed by atoms with Crippen LogP contribution in [0.25, 0.3) is 0 Å². The van der Waals surface area contributed by atoms with Crippen molar-refractivity contribution in [3.8, 4) is 5.75 Å². The molecule has 0 saturated carbocycles. The van der Waals surface area contributed by atoms with Crippen LogP contribution in [-0.4, -0.2) is 42.2 Å². The fraction of sp³-hybridized carbons (Fsp3) is 0.611. The molecule has 154 valence electrons. The van der Waals surface area contributed by atoms with Crippen molar-refractivity contribution >= 4 is 33.3 Å². The molecule has 0 fully saturated rings. The van der Waals surface area contributed by atoms with Crippen molar-refractivity contribution in [3.05, 3.63) is 28.0 Å². The molecule has 0 aliphatic heterocycles. The molecule has 0 radical (unpaired) electrons. The van der Waals surface area contributed by atoms with Gasteiger partial charge in [-0.3, -0.25) is 0 Å². The molecule has 9 heteroatoms. The quantitative estimate of drug-likeness (QED) is 0.464. The maximum Gasteiger partial charge on any atom is 0.340 e. The van der Waals surface area contributed by atoms with Gasteiger partial charge in [0.2, 0.25) is 0 Å². The Morgan fingerprint density at radius 1 is 1.33 bits per heavy atom. The average Bonchev–Trinajstić information content (AvgIpc) is 2.62. The standard InChI is InChI=1S/C18H27BrFNO5S/c1-8-18(26-7,16(22)25-6)15(21-27(23)17(2,3)4)11-9-13(20)12(19)10-14(11)24-5/h9-10,15,21H,8H2,1-7H3/t15-,18?,27?/m0/s1. The van der Waals surface area contributed by atoms with Crippen molar-refractivity contribution in [2.24, 2.45) is 0 Å². The molecule has 1 N–H and O–H groups in total. The van der Waals surface area contributed by atoms with Crippen LogP contribution in [0.5, 0.6) is 5.75 Å². The summed E-state index contributed by atoms with van der Waals surface area (Å²) in [7, 11) is 4.03. The average molecular weight is 468 g/mol. The van der Waals surface area contributed by atoms with Crippen LogP contribution < -0.4 is 9.46 Å². The number of carbonyl (C=O) groups is 1. The van der Waals surface area contributed by atoms with Crippen molar-refractivity contribution in [1.82, 2.24) is 4.72 Å². The van der Waals surface area contributed by atoms with Gasteiger partial charge < -0.3 is 18.8 Å². The van der Waals surface area contributed by atoms with E-state index in [0.717, 1.165) is 0 Å². The number of hydrogen-bond acceptors (Lipinski definition) is 6. The molecular formula is C18H27BrFNO5S. The van der Waals surface area contributed by atoms with E-state index < -0.39 is 39.5 Å². The third-order valence-corrected chi connectivity index (χ3v) is 6.42. The van der Waals surface area contributed by atoms with E-state index in [1.54, 1.807) is 27.7 Å². The van der Waals surface area contributed by atoms with E-state index in [0.29, 0.717) is 11.3 Å². The Labute approximate surface area is 171 Å². The van der Waals surface area contributed by atoms with Crippen molar-refractivity contribution in [2.75, 3.05) is 21.3 Å². The van der Waals surface area contributed by atoms with Crippen LogP contribution in [0.15, 0.2) is 16.6 Å². The Kier molecular flexibility index (Phi) is 8.55. The summed E-state index contributed by atoms with van der Waals surface area (Å²) >= 11 is 1.54. The second kappa shape index (κ2) is 9.56. The first-order valence-electron chi connectivity index (χ1n) is 8.33. The zero-order valence-corrected chi connectivity index (χ0v) is 19.0. The van der Waals surface area contributed by atoms with Crippen molar-refractivity contribution in [3.63, 3.8) is 0 Å². The SMILES string of the molecule is CCC(OC)(C(=O)OC)[C@@H](N[S+]([O-])C(C)(C)C)c1cc(F)c(Br)cc1OC. The summed E-state index contributed by atoms with van der Waals surface area (Å²) in [6.45, 7) is 7.08. The van der Waals surface area contributed by atoms with E-state index in [9.17, 15) is 13.7 Å². The molecule has 0 aromatic heterocycles. The van der Waals surface area contributed by atoms with Gasteiger partial charge in [0.1, 0.15) is 22.4 Å². The van der Waals surface area contributed by atoms with Crippen molar-refractivity contribution in [2.45, 2.75) is 50.5 Å². The molecule has 1 rings (SSSR count). The second-order valence-corrected chi connectivity index (χ2v) is 9.73. The predicted molar refractivity (Wildman–Crippen MR) is 106 cm³/mol. The maximum atomic E-state index is 14.3. The molecular weight excluding hydrogens is 441 g/mol. The third-order valence-electron chi connectivity index (χ3n) is 4.25. The molecule has 1 aromatic carbocycles. The van der Waals surface area contributed by atoms with Crippen LogP contribution in [-0.2, 0) is 25.6 Å². The molecule has 0 aliphatic rings. The normalized spacial score (nSPS) is 16.4. The minimum Gasteiger partial charge on any atom is -0.598 e. The van der Waals surface area contributed by atoms with Gasteiger partial charge in [-0.2, -0.15) is 0 Å². The fourth-order valence-corrected chi connectivity index (χ4v) is 3.83. The molecule has 0 aliphatic carbocycles. The van der Waals surface area contributed by atoms with E-state index in [2.05, 4.69) is 20.7 Å². The molecule has 3 atom stereocenters. The van der Waals surface area contributed by atoms with Crippen molar-refractivity contribution < 1.29 is 27.9 Å². The van der Waals surface area contributed by atoms with E-state index in [4.69, 9.17) is 14.2 Å². The molecule has 1 aromatic rings. The molecule has 0 amide bonds. The van der Waals surface area contributed by atoms with E-state index in [1.807, 2.05) is 0 Å². The Morgan fingerprint density at radius 3 is 2.33 bits per heavy atom. The number of carbonyl (C=O) groups excluding carboxylic acids is 1. The van der Waals surface area contributed by atoms with Gasteiger partial charge >= 0.3 is 5.97 Å². The fourth-order valence-electron chi connectivity index (χ4n) is 2.62. The van der Waals surface area contributed by atoms with E-state index >= 15 is 0 Å². The van der Waals surface area contributed by atoms with Crippen LogP contribution in [0.3, 0.4) is 0 Å². The molecule has 0 heterocycles. The summed E-state index contributed by atoms with van der Waals surface area (Å²) in [5.74, 6) is -0.906. The first-order valence-corrected chi connectivity index (χ1v) is 10.3. The predicted octanol–water partition coefficient (Wildman–Crippen LogP) is 3.66. The number of nitrogens with one attached hydrogen (secondary N) is 1. The van der Waals surface area contributed by atoms with Crippen LogP contribution in [0, 0.1) is 5.82 Å². The van der Waals surface area contributed by atoms with Crippen molar-refractivity contribution in [1.29, 1.82) is 0 Å². The Hall–Kier alpha value is -0.870. The topological polar surface area (TPSA) is 79.9 Å². The van der Waals surface area contributed by atoms with Crippen LogP contribution in [0.2, 0.25) is 0 Å². The number of rotatable bonds is 8. The number of ether oxygens (including phenoxy) is 3. The summed E-state index contributed by atoms with van der Waals surface area (Å²) < 4.78 is 45.6. The zero-order valence-electron chi connectivity index (χ0n) is 16.6. The summed E-state index contributed by atoms with van der Waals surface area (Å²) in [6, 6.07) is 1.69. The van der Waals surface area contributed by atoms with Crippen LogP contribution in [0.1, 0.15) is 45.7 Å². The van der Waals surface area contributed by atoms with Gasteiger partial charge in [-0.15, -0.1) is 4.72 Å². The maximum absolute atomic E-state index is 14.3. The molecule has 6 nitrogen and oxygen atoms in total. The van der Waals surface area contributed by atoms with Gasteiger partial charge in [0.05, 0.1) is 18.7 Å². The lowest BCUT2D eigenvalue weighted by atomic mass is 9.86. The van der Waals surface area contributed by atoms with Gasteiger partial charge in [-0.05, 0) is 55.3 Å². The zero-order chi connectivity index (χ0) is 21.0. The van der Waals surface area contributed by atoms with Crippen LogP contribution >= 0.6 is 15.9 Å². The minimum absolute atomic E-state index is 0.190. The number of halogens is 2. The second-order valence-electron chi connectivity index (χ2n) is 6.88. The van der Waals surface area contributed by atoms with Crippen LogP contribution in [0.4, 0.5) is 4.39 Å². The van der Waals surface area contributed by atoms with E-state index in [1.165, 1.54) is 33.5 Å². The minimum atomic E-state index is -1.59. The smallest absolute Gasteiger partial charge is 0.340 e. The van der Waals surface area contributed by atoms with Gasteiger partial charge in [0.25, 0.3) is 0 Å². The number of methoxy groups -OCH3 is 3.